The summed E-state index contributed by atoms with van der Waals surface area (Å²) in [5.41, 5.74) is 2.23. The van der Waals surface area contributed by atoms with Gasteiger partial charge >= 0.3 is 0 Å². The first kappa shape index (κ1) is 18.8. The monoisotopic (exact) mass is 367 g/mol. The Balaban J connectivity index is 1.54. The van der Waals surface area contributed by atoms with Gasteiger partial charge in [0.2, 0.25) is 5.91 Å². The van der Waals surface area contributed by atoms with E-state index in [1.807, 2.05) is 24.3 Å². The van der Waals surface area contributed by atoms with Gasteiger partial charge < -0.3 is 20.5 Å². The van der Waals surface area contributed by atoms with Gasteiger partial charge in [0, 0.05) is 55.9 Å². The Bertz CT molecular complexity index is 854. The van der Waals surface area contributed by atoms with E-state index in [-0.39, 0.29) is 17.5 Å². The molecule has 0 aliphatic carbocycles. The number of carbonyl (C=O) groups excluding carboxylic acids is 1. The van der Waals surface area contributed by atoms with Gasteiger partial charge in [-0.15, -0.1) is 0 Å². The number of nitrogens with one attached hydrogen (secondary N) is 3. The summed E-state index contributed by atoms with van der Waals surface area (Å²) in [5.74, 6) is -0.00180. The van der Waals surface area contributed by atoms with Gasteiger partial charge in [-0.1, -0.05) is 19.9 Å². The lowest BCUT2D eigenvalue weighted by Gasteiger charge is -2.39. The molecule has 1 saturated heterocycles. The topological polar surface area (TPSA) is 90.1 Å². The molecule has 0 spiro atoms. The third-order valence-electron chi connectivity index (χ3n) is 4.37. The Morgan fingerprint density at radius 1 is 1.33 bits per heavy atom. The van der Waals surface area contributed by atoms with Crippen molar-refractivity contribution in [3.05, 3.63) is 59.3 Å². The summed E-state index contributed by atoms with van der Waals surface area (Å²) in [6, 6.07) is 6.08. The molecule has 7 heteroatoms. The first-order valence-electron chi connectivity index (χ1n) is 9.11. The van der Waals surface area contributed by atoms with Crippen LogP contribution in [0, 0.1) is 0 Å². The van der Waals surface area contributed by atoms with Crippen molar-refractivity contribution in [1.29, 1.82) is 0 Å². The van der Waals surface area contributed by atoms with Crippen molar-refractivity contribution >= 4 is 11.6 Å². The minimum absolute atomic E-state index is 0.00180. The van der Waals surface area contributed by atoms with Crippen LogP contribution < -0.4 is 16.2 Å². The van der Waals surface area contributed by atoms with E-state index in [0.717, 1.165) is 11.1 Å². The van der Waals surface area contributed by atoms with Crippen LogP contribution >= 0.6 is 0 Å². The maximum absolute atomic E-state index is 12.1. The smallest absolute Gasteiger partial charge is 0.271 e. The molecule has 0 bridgehead atoms. The van der Waals surface area contributed by atoms with Crippen LogP contribution in [-0.2, 0) is 4.79 Å². The maximum atomic E-state index is 12.1. The van der Waals surface area contributed by atoms with E-state index in [0.29, 0.717) is 31.4 Å². The summed E-state index contributed by atoms with van der Waals surface area (Å²) in [6.45, 7) is 5.97. The van der Waals surface area contributed by atoms with E-state index in [2.05, 4.69) is 34.4 Å². The molecule has 7 nitrogen and oxygen atoms in total. The molecule has 0 aromatic carbocycles. The molecule has 0 saturated carbocycles. The molecule has 0 unspecified atom stereocenters. The van der Waals surface area contributed by atoms with Crippen LogP contribution in [0.2, 0.25) is 0 Å². The molecule has 1 fully saturated rings. The molecule has 3 N–H and O–H groups in total. The second-order valence-electron chi connectivity index (χ2n) is 6.92. The van der Waals surface area contributed by atoms with Gasteiger partial charge in [0.15, 0.2) is 0 Å². The highest BCUT2D eigenvalue weighted by Gasteiger charge is 2.29. The van der Waals surface area contributed by atoms with Gasteiger partial charge in [0.05, 0.1) is 6.04 Å². The van der Waals surface area contributed by atoms with E-state index in [1.165, 1.54) is 0 Å². The lowest BCUT2D eigenvalue weighted by atomic mass is 10.1. The first-order chi connectivity index (χ1) is 13.0. The highest BCUT2D eigenvalue weighted by molar-refractivity contribution is 5.88. The largest absolute Gasteiger partial charge is 0.374 e. The molecule has 1 aliphatic rings. The van der Waals surface area contributed by atoms with E-state index >= 15 is 0 Å². The third kappa shape index (κ3) is 5.04. The highest BCUT2D eigenvalue weighted by atomic mass is 16.2. The zero-order valence-corrected chi connectivity index (χ0v) is 15.6. The van der Waals surface area contributed by atoms with Crippen LogP contribution in [0.25, 0.3) is 11.1 Å². The second-order valence-corrected chi connectivity index (χ2v) is 6.92. The van der Waals surface area contributed by atoms with Crippen LogP contribution in [0.3, 0.4) is 0 Å². The number of hydrogen-bond donors (Lipinski definition) is 3. The number of H-pyrrole nitrogens is 1. The van der Waals surface area contributed by atoms with E-state index < -0.39 is 0 Å². The third-order valence-corrected chi connectivity index (χ3v) is 4.37. The molecular formula is C20H25N5O2. The Hall–Kier alpha value is -2.93. The normalized spacial score (nSPS) is 14.6. The number of amides is 1. The number of carbonyl (C=O) groups is 1. The standard InChI is InChI=1S/C20H25N5O2/c1-14(2)22-7-3-4-19(26)25-12-17(13-25)24-18-10-16(11-23-20(18)27)15-5-8-21-9-6-15/h3-6,8-11,14,17,22,24H,7,12-13H2,1-2H3,(H,23,27). The minimum atomic E-state index is -0.169. The number of aromatic amines is 1. The summed E-state index contributed by atoms with van der Waals surface area (Å²) >= 11 is 0. The quantitative estimate of drug-likeness (QED) is 0.647. The van der Waals surface area contributed by atoms with Crippen LogP contribution in [0.15, 0.2) is 53.7 Å². The SMILES string of the molecule is CC(C)NCC=CC(=O)N1CC(Nc2cc(-c3ccncc3)c[nH]c2=O)C1. The van der Waals surface area contributed by atoms with Crippen LogP contribution in [0.1, 0.15) is 13.8 Å². The molecule has 27 heavy (non-hydrogen) atoms. The van der Waals surface area contributed by atoms with Crippen molar-refractivity contribution in [2.45, 2.75) is 25.9 Å². The van der Waals surface area contributed by atoms with Gasteiger partial charge in [-0.2, -0.15) is 0 Å². The van der Waals surface area contributed by atoms with Crippen LogP contribution in [0.4, 0.5) is 5.69 Å². The lowest BCUT2D eigenvalue weighted by molar-refractivity contribution is -0.129. The highest BCUT2D eigenvalue weighted by Crippen LogP contribution is 2.20. The molecule has 2 aromatic heterocycles. The molecule has 3 rings (SSSR count). The summed E-state index contributed by atoms with van der Waals surface area (Å²) in [6.07, 6.45) is 8.56. The number of hydrogen-bond acceptors (Lipinski definition) is 5. The Morgan fingerprint density at radius 3 is 2.78 bits per heavy atom. The molecule has 142 valence electrons. The van der Waals surface area contributed by atoms with Crippen molar-refractivity contribution in [3.63, 3.8) is 0 Å². The zero-order chi connectivity index (χ0) is 19.2. The minimum Gasteiger partial charge on any atom is -0.374 e. The summed E-state index contributed by atoms with van der Waals surface area (Å²) in [4.78, 5) is 32.7. The van der Waals surface area contributed by atoms with Crippen molar-refractivity contribution < 1.29 is 4.79 Å². The van der Waals surface area contributed by atoms with Crippen LogP contribution in [0.5, 0.6) is 0 Å². The van der Waals surface area contributed by atoms with E-state index in [9.17, 15) is 9.59 Å². The fourth-order valence-corrected chi connectivity index (χ4v) is 2.84. The predicted molar refractivity (Wildman–Crippen MR) is 107 cm³/mol. The summed E-state index contributed by atoms with van der Waals surface area (Å²) in [5, 5.41) is 6.46. The molecule has 2 aromatic rings. The number of likely N-dealkylation sites (tertiary alicyclic amines) is 1. The fourth-order valence-electron chi connectivity index (χ4n) is 2.84. The first-order valence-corrected chi connectivity index (χ1v) is 9.11. The summed E-state index contributed by atoms with van der Waals surface area (Å²) in [7, 11) is 0. The molecule has 1 amide bonds. The van der Waals surface area contributed by atoms with E-state index in [4.69, 9.17) is 0 Å². The number of pyridine rings is 2. The zero-order valence-electron chi connectivity index (χ0n) is 15.6. The number of nitrogens with zero attached hydrogens (tertiary/aromatic N) is 2. The average molecular weight is 367 g/mol. The average Bonchev–Trinajstić information content (AvgIpc) is 2.63. The molecule has 0 atom stereocenters. The van der Waals surface area contributed by atoms with Crippen molar-refractivity contribution in [3.8, 4) is 11.1 Å². The summed E-state index contributed by atoms with van der Waals surface area (Å²) < 4.78 is 0. The second kappa shape index (κ2) is 8.64. The van der Waals surface area contributed by atoms with E-state index in [1.54, 1.807) is 29.6 Å². The Labute approximate surface area is 158 Å². The van der Waals surface area contributed by atoms with Crippen molar-refractivity contribution in [2.75, 3.05) is 25.0 Å². The van der Waals surface area contributed by atoms with Gasteiger partial charge in [0.1, 0.15) is 5.69 Å². The molecule has 3 heterocycles. The van der Waals surface area contributed by atoms with Crippen molar-refractivity contribution in [1.82, 2.24) is 20.2 Å². The Morgan fingerprint density at radius 2 is 2.07 bits per heavy atom. The van der Waals surface area contributed by atoms with Gasteiger partial charge in [-0.05, 0) is 23.8 Å². The van der Waals surface area contributed by atoms with Gasteiger partial charge in [-0.25, -0.2) is 0 Å². The lowest BCUT2D eigenvalue weighted by Crippen LogP contribution is -2.57. The van der Waals surface area contributed by atoms with Gasteiger partial charge in [-0.3, -0.25) is 14.6 Å². The van der Waals surface area contributed by atoms with Crippen molar-refractivity contribution in [2.24, 2.45) is 0 Å². The molecule has 0 radical (unpaired) electrons. The molecular weight excluding hydrogens is 342 g/mol. The van der Waals surface area contributed by atoms with Crippen LogP contribution in [-0.4, -0.2) is 52.5 Å². The number of anilines is 1. The Kier molecular flexibility index (Phi) is 6.03. The van der Waals surface area contributed by atoms with Gasteiger partial charge in [0.25, 0.3) is 5.56 Å². The maximum Gasteiger partial charge on any atom is 0.271 e. The number of aromatic nitrogens is 2. The predicted octanol–water partition coefficient (Wildman–Crippen LogP) is 1.61. The fraction of sp³-hybridized carbons (Fsp3) is 0.350. The number of rotatable bonds is 7. The molecule has 1 aliphatic heterocycles.